The SMILES string of the molecule is O=C1CC(S)c2ccccc21. The standard InChI is InChI=1S/C9H8OS/c10-8-5-9(11)7-4-2-1-3-6(7)8/h1-4,9,11H,5H2. The van der Waals surface area contributed by atoms with Crippen molar-refractivity contribution >= 4 is 18.4 Å². The third kappa shape index (κ3) is 0.979. The Morgan fingerprint density at radius 3 is 2.82 bits per heavy atom. The van der Waals surface area contributed by atoms with E-state index in [1.165, 1.54) is 0 Å². The fourth-order valence-corrected chi connectivity index (χ4v) is 1.83. The molecule has 0 saturated heterocycles. The molecule has 2 rings (SSSR count). The van der Waals surface area contributed by atoms with Crippen molar-refractivity contribution in [3.05, 3.63) is 35.4 Å². The zero-order valence-electron chi connectivity index (χ0n) is 5.95. The van der Waals surface area contributed by atoms with Crippen LogP contribution in [0.3, 0.4) is 0 Å². The van der Waals surface area contributed by atoms with Crippen LogP contribution in [0.15, 0.2) is 24.3 Å². The summed E-state index contributed by atoms with van der Waals surface area (Å²) in [5, 5.41) is 0.124. The van der Waals surface area contributed by atoms with E-state index in [-0.39, 0.29) is 11.0 Å². The largest absolute Gasteiger partial charge is 0.294 e. The lowest BCUT2D eigenvalue weighted by Crippen LogP contribution is -1.88. The maximum absolute atomic E-state index is 11.2. The van der Waals surface area contributed by atoms with Gasteiger partial charge in [0, 0.05) is 17.2 Å². The quantitative estimate of drug-likeness (QED) is 0.582. The van der Waals surface area contributed by atoms with E-state index in [1.807, 2.05) is 24.3 Å². The molecule has 2 heteroatoms. The van der Waals surface area contributed by atoms with Crippen molar-refractivity contribution in [1.82, 2.24) is 0 Å². The van der Waals surface area contributed by atoms with E-state index in [2.05, 4.69) is 12.6 Å². The Morgan fingerprint density at radius 1 is 1.36 bits per heavy atom. The van der Waals surface area contributed by atoms with Crippen LogP contribution in [0.1, 0.15) is 27.6 Å². The van der Waals surface area contributed by atoms with Crippen LogP contribution >= 0.6 is 12.6 Å². The first-order chi connectivity index (χ1) is 5.29. The molecule has 0 saturated carbocycles. The average Bonchev–Trinajstić information content (AvgIpc) is 2.30. The van der Waals surface area contributed by atoms with Gasteiger partial charge >= 0.3 is 0 Å². The molecule has 0 heterocycles. The first kappa shape index (κ1) is 6.92. The molecule has 1 unspecified atom stereocenters. The molecule has 0 fully saturated rings. The number of ketones is 1. The Kier molecular flexibility index (Phi) is 1.50. The summed E-state index contributed by atoms with van der Waals surface area (Å²) < 4.78 is 0. The Labute approximate surface area is 70.8 Å². The average molecular weight is 164 g/mol. The first-order valence-electron chi connectivity index (χ1n) is 3.59. The Bertz CT molecular complexity index is 306. The predicted molar refractivity (Wildman–Crippen MR) is 47.1 cm³/mol. The number of hydrogen-bond acceptors (Lipinski definition) is 2. The Hall–Kier alpha value is -0.760. The number of Topliss-reactive ketones (excluding diaryl/α,β-unsaturated/α-hetero) is 1. The molecule has 1 aliphatic carbocycles. The summed E-state index contributed by atoms with van der Waals surface area (Å²) in [5.41, 5.74) is 1.94. The van der Waals surface area contributed by atoms with Crippen molar-refractivity contribution in [2.75, 3.05) is 0 Å². The smallest absolute Gasteiger partial charge is 0.164 e. The van der Waals surface area contributed by atoms with Crippen LogP contribution < -0.4 is 0 Å². The van der Waals surface area contributed by atoms with Crippen LogP contribution in [0.5, 0.6) is 0 Å². The third-order valence-corrected chi connectivity index (χ3v) is 2.46. The van der Waals surface area contributed by atoms with Crippen molar-refractivity contribution in [2.45, 2.75) is 11.7 Å². The van der Waals surface area contributed by atoms with Crippen LogP contribution in [-0.4, -0.2) is 5.78 Å². The van der Waals surface area contributed by atoms with Gasteiger partial charge in [0.15, 0.2) is 5.78 Å². The number of rotatable bonds is 0. The van der Waals surface area contributed by atoms with Gasteiger partial charge in [-0.15, -0.1) is 0 Å². The minimum atomic E-state index is 0.124. The van der Waals surface area contributed by atoms with E-state index in [0.717, 1.165) is 11.1 Å². The van der Waals surface area contributed by atoms with Gasteiger partial charge in [-0.1, -0.05) is 24.3 Å². The number of fused-ring (bicyclic) bond motifs is 1. The molecule has 56 valence electrons. The molecule has 11 heavy (non-hydrogen) atoms. The van der Waals surface area contributed by atoms with Gasteiger partial charge in [0.05, 0.1) is 0 Å². The van der Waals surface area contributed by atoms with Crippen LogP contribution in [0.4, 0.5) is 0 Å². The van der Waals surface area contributed by atoms with Gasteiger partial charge in [-0.25, -0.2) is 0 Å². The maximum Gasteiger partial charge on any atom is 0.164 e. The number of benzene rings is 1. The van der Waals surface area contributed by atoms with Gasteiger partial charge in [0.2, 0.25) is 0 Å². The summed E-state index contributed by atoms with van der Waals surface area (Å²) in [6, 6.07) is 7.68. The molecule has 0 amide bonds. The molecule has 1 atom stereocenters. The second-order valence-electron chi connectivity index (χ2n) is 2.73. The number of carbonyl (C=O) groups excluding carboxylic acids is 1. The molecule has 0 aromatic heterocycles. The molecular weight excluding hydrogens is 156 g/mol. The highest BCUT2D eigenvalue weighted by Gasteiger charge is 2.25. The van der Waals surface area contributed by atoms with Gasteiger partial charge in [-0.3, -0.25) is 4.79 Å². The summed E-state index contributed by atoms with van der Waals surface area (Å²) in [6.07, 6.45) is 0.558. The number of carbonyl (C=O) groups is 1. The Morgan fingerprint density at radius 2 is 2.09 bits per heavy atom. The van der Waals surface area contributed by atoms with E-state index >= 15 is 0 Å². The topological polar surface area (TPSA) is 17.1 Å². The number of hydrogen-bond donors (Lipinski definition) is 1. The van der Waals surface area contributed by atoms with E-state index in [0.29, 0.717) is 6.42 Å². The van der Waals surface area contributed by atoms with Crippen molar-refractivity contribution in [1.29, 1.82) is 0 Å². The van der Waals surface area contributed by atoms with Crippen molar-refractivity contribution in [2.24, 2.45) is 0 Å². The lowest BCUT2D eigenvalue weighted by atomic mass is 10.1. The van der Waals surface area contributed by atoms with E-state index in [1.54, 1.807) is 0 Å². The molecule has 1 aromatic carbocycles. The second-order valence-corrected chi connectivity index (χ2v) is 3.35. The van der Waals surface area contributed by atoms with Crippen molar-refractivity contribution in [3.8, 4) is 0 Å². The highest BCUT2D eigenvalue weighted by molar-refractivity contribution is 7.80. The van der Waals surface area contributed by atoms with Crippen molar-refractivity contribution < 1.29 is 4.79 Å². The van der Waals surface area contributed by atoms with Gasteiger partial charge in [0.1, 0.15) is 0 Å². The first-order valence-corrected chi connectivity index (χ1v) is 4.11. The zero-order valence-corrected chi connectivity index (χ0v) is 6.84. The van der Waals surface area contributed by atoms with E-state index < -0.39 is 0 Å². The van der Waals surface area contributed by atoms with Crippen molar-refractivity contribution in [3.63, 3.8) is 0 Å². The maximum atomic E-state index is 11.2. The fourth-order valence-electron chi connectivity index (χ4n) is 1.44. The molecular formula is C9H8OS. The van der Waals surface area contributed by atoms with Gasteiger partial charge in [-0.2, -0.15) is 12.6 Å². The highest BCUT2D eigenvalue weighted by atomic mass is 32.1. The lowest BCUT2D eigenvalue weighted by molar-refractivity contribution is 0.0994. The van der Waals surface area contributed by atoms with Crippen LogP contribution in [0.25, 0.3) is 0 Å². The van der Waals surface area contributed by atoms with Crippen LogP contribution in [-0.2, 0) is 0 Å². The summed E-state index contributed by atoms with van der Waals surface area (Å²) in [5.74, 6) is 0.223. The minimum absolute atomic E-state index is 0.124. The lowest BCUT2D eigenvalue weighted by Gasteiger charge is -1.99. The summed E-state index contributed by atoms with van der Waals surface area (Å²) in [4.78, 5) is 11.2. The Balaban J connectivity index is 2.60. The van der Waals surface area contributed by atoms with Crippen LogP contribution in [0.2, 0.25) is 0 Å². The molecule has 1 aliphatic rings. The van der Waals surface area contributed by atoms with E-state index in [9.17, 15) is 4.79 Å². The molecule has 0 bridgehead atoms. The highest BCUT2D eigenvalue weighted by Crippen LogP contribution is 2.34. The zero-order chi connectivity index (χ0) is 7.84. The molecule has 0 N–H and O–H groups in total. The minimum Gasteiger partial charge on any atom is -0.294 e. The normalized spacial score (nSPS) is 21.9. The van der Waals surface area contributed by atoms with Crippen LogP contribution in [0, 0.1) is 0 Å². The summed E-state index contributed by atoms with van der Waals surface area (Å²) in [7, 11) is 0. The second kappa shape index (κ2) is 2.38. The molecule has 1 nitrogen and oxygen atoms in total. The summed E-state index contributed by atoms with van der Waals surface area (Å²) >= 11 is 4.31. The fraction of sp³-hybridized carbons (Fsp3) is 0.222. The third-order valence-electron chi connectivity index (χ3n) is 2.00. The van der Waals surface area contributed by atoms with Gasteiger partial charge in [0.25, 0.3) is 0 Å². The number of thiol groups is 1. The van der Waals surface area contributed by atoms with Gasteiger partial charge in [-0.05, 0) is 5.56 Å². The molecule has 0 radical (unpaired) electrons. The summed E-state index contributed by atoms with van der Waals surface area (Å²) in [6.45, 7) is 0. The molecule has 1 aromatic rings. The predicted octanol–water partition coefficient (Wildman–Crippen LogP) is 2.24. The van der Waals surface area contributed by atoms with E-state index in [4.69, 9.17) is 0 Å². The monoisotopic (exact) mass is 164 g/mol. The molecule has 0 aliphatic heterocycles. The molecule has 0 spiro atoms. The van der Waals surface area contributed by atoms with Gasteiger partial charge < -0.3 is 0 Å².